The third-order valence-electron chi connectivity index (χ3n) is 1.33. The molecule has 1 atom stereocenters. The van der Waals surface area contributed by atoms with Gasteiger partial charge < -0.3 is 5.73 Å². The van der Waals surface area contributed by atoms with Crippen LogP contribution in [-0.2, 0) is 0 Å². The first kappa shape index (κ1) is 9.92. The maximum absolute atomic E-state index is 5.61. The predicted molar refractivity (Wildman–Crippen MR) is 50.3 cm³/mol. The Balaban J connectivity index is 0.000000461. The van der Waals surface area contributed by atoms with Gasteiger partial charge in [-0.2, -0.15) is 0 Å². The zero-order valence-corrected chi connectivity index (χ0v) is 6.96. The van der Waals surface area contributed by atoms with Crippen LogP contribution in [0.15, 0.2) is 43.5 Å². The van der Waals surface area contributed by atoms with Crippen molar-refractivity contribution in [3.05, 3.63) is 49.1 Å². The smallest absolute Gasteiger partial charge is 0.0266 e. The molecule has 0 amide bonds. The first-order valence-corrected chi connectivity index (χ1v) is 3.61. The summed E-state index contributed by atoms with van der Waals surface area (Å²) in [7, 11) is 0. The van der Waals surface area contributed by atoms with Gasteiger partial charge in [-0.15, -0.1) is 13.2 Å². The van der Waals surface area contributed by atoms with Crippen molar-refractivity contribution in [2.45, 2.75) is 13.0 Å². The van der Waals surface area contributed by atoms with E-state index in [1.165, 1.54) is 5.56 Å². The van der Waals surface area contributed by atoms with Gasteiger partial charge in [0, 0.05) is 6.04 Å². The van der Waals surface area contributed by atoms with Crippen LogP contribution in [0.2, 0.25) is 0 Å². The van der Waals surface area contributed by atoms with Crippen LogP contribution in [0.5, 0.6) is 0 Å². The third-order valence-corrected chi connectivity index (χ3v) is 1.33. The molecule has 0 aliphatic carbocycles. The zero-order valence-electron chi connectivity index (χ0n) is 6.96. The highest BCUT2D eigenvalue weighted by atomic mass is 14.6. The van der Waals surface area contributed by atoms with Gasteiger partial charge in [0.05, 0.1) is 0 Å². The molecule has 1 heteroatoms. The van der Waals surface area contributed by atoms with Crippen LogP contribution >= 0.6 is 0 Å². The van der Waals surface area contributed by atoms with Gasteiger partial charge in [0.1, 0.15) is 0 Å². The summed E-state index contributed by atoms with van der Waals surface area (Å²) in [6.45, 7) is 7.98. The summed E-state index contributed by atoms with van der Waals surface area (Å²) in [5.41, 5.74) is 6.81. The van der Waals surface area contributed by atoms with Crippen molar-refractivity contribution in [2.24, 2.45) is 5.73 Å². The van der Waals surface area contributed by atoms with E-state index in [1.807, 2.05) is 37.3 Å². The second-order valence-corrected chi connectivity index (χ2v) is 2.20. The van der Waals surface area contributed by atoms with Crippen molar-refractivity contribution in [3.8, 4) is 0 Å². The van der Waals surface area contributed by atoms with E-state index in [0.29, 0.717) is 0 Å². The number of hydrogen-bond acceptors (Lipinski definition) is 1. The molecule has 0 saturated heterocycles. The van der Waals surface area contributed by atoms with Crippen molar-refractivity contribution in [1.29, 1.82) is 0 Å². The fourth-order valence-electron chi connectivity index (χ4n) is 0.757. The summed E-state index contributed by atoms with van der Waals surface area (Å²) in [5, 5.41) is 0. The molecule has 1 unspecified atom stereocenters. The van der Waals surface area contributed by atoms with E-state index in [0.717, 1.165) is 0 Å². The van der Waals surface area contributed by atoms with Gasteiger partial charge in [0.25, 0.3) is 0 Å². The molecule has 0 radical (unpaired) electrons. The molecule has 1 rings (SSSR count). The Morgan fingerprint density at radius 2 is 1.64 bits per heavy atom. The summed E-state index contributed by atoms with van der Waals surface area (Å²) in [5.74, 6) is 0. The number of rotatable bonds is 1. The lowest BCUT2D eigenvalue weighted by Gasteiger charge is -2.02. The SMILES string of the molecule is C=C.CC(N)c1ccccc1. The Labute approximate surface area is 68.5 Å². The molecular weight excluding hydrogens is 134 g/mol. The van der Waals surface area contributed by atoms with Gasteiger partial charge in [-0.1, -0.05) is 30.3 Å². The molecular formula is C10H15N. The topological polar surface area (TPSA) is 26.0 Å². The lowest BCUT2D eigenvalue weighted by Crippen LogP contribution is -2.03. The predicted octanol–water partition coefficient (Wildman–Crippen LogP) is 2.51. The average Bonchev–Trinajstić information content (AvgIpc) is 2.10. The van der Waals surface area contributed by atoms with Gasteiger partial charge in [0.15, 0.2) is 0 Å². The monoisotopic (exact) mass is 149 g/mol. The normalized spacial score (nSPS) is 11.1. The van der Waals surface area contributed by atoms with E-state index in [-0.39, 0.29) is 6.04 Å². The number of benzene rings is 1. The van der Waals surface area contributed by atoms with E-state index in [1.54, 1.807) is 0 Å². The van der Waals surface area contributed by atoms with Crippen LogP contribution in [-0.4, -0.2) is 0 Å². The van der Waals surface area contributed by atoms with E-state index >= 15 is 0 Å². The van der Waals surface area contributed by atoms with Gasteiger partial charge in [-0.05, 0) is 12.5 Å². The Hall–Kier alpha value is -1.08. The number of hydrogen-bond donors (Lipinski definition) is 1. The lowest BCUT2D eigenvalue weighted by molar-refractivity contribution is 0.818. The molecule has 11 heavy (non-hydrogen) atoms. The summed E-state index contributed by atoms with van der Waals surface area (Å²) in [6.07, 6.45) is 0. The molecule has 0 aromatic heterocycles. The fraction of sp³-hybridized carbons (Fsp3) is 0.200. The van der Waals surface area contributed by atoms with Crippen LogP contribution in [0.4, 0.5) is 0 Å². The minimum Gasteiger partial charge on any atom is -0.324 e. The van der Waals surface area contributed by atoms with Crippen molar-refractivity contribution in [2.75, 3.05) is 0 Å². The van der Waals surface area contributed by atoms with E-state index < -0.39 is 0 Å². The minimum absolute atomic E-state index is 0.159. The molecule has 0 spiro atoms. The van der Waals surface area contributed by atoms with Crippen LogP contribution < -0.4 is 5.73 Å². The highest BCUT2D eigenvalue weighted by Crippen LogP contribution is 2.06. The second kappa shape index (κ2) is 5.69. The quantitative estimate of drug-likeness (QED) is 0.610. The molecule has 1 aromatic rings. The van der Waals surface area contributed by atoms with Crippen LogP contribution in [0.1, 0.15) is 18.5 Å². The second-order valence-electron chi connectivity index (χ2n) is 2.20. The van der Waals surface area contributed by atoms with E-state index in [4.69, 9.17) is 5.73 Å². The summed E-state index contributed by atoms with van der Waals surface area (Å²) in [4.78, 5) is 0. The maximum atomic E-state index is 5.61. The summed E-state index contributed by atoms with van der Waals surface area (Å²) < 4.78 is 0. The van der Waals surface area contributed by atoms with Gasteiger partial charge in [0.2, 0.25) is 0 Å². The van der Waals surface area contributed by atoms with E-state index in [2.05, 4.69) is 13.2 Å². The minimum atomic E-state index is 0.159. The molecule has 0 heterocycles. The van der Waals surface area contributed by atoms with Gasteiger partial charge in [-0.3, -0.25) is 0 Å². The molecule has 1 aromatic carbocycles. The Morgan fingerprint density at radius 3 is 1.91 bits per heavy atom. The largest absolute Gasteiger partial charge is 0.324 e. The molecule has 0 fully saturated rings. The average molecular weight is 149 g/mol. The van der Waals surface area contributed by atoms with Crippen LogP contribution in [0.25, 0.3) is 0 Å². The van der Waals surface area contributed by atoms with Crippen molar-refractivity contribution >= 4 is 0 Å². The third kappa shape index (κ3) is 3.58. The van der Waals surface area contributed by atoms with Crippen molar-refractivity contribution in [3.63, 3.8) is 0 Å². The molecule has 1 nitrogen and oxygen atoms in total. The molecule has 60 valence electrons. The molecule has 0 bridgehead atoms. The maximum Gasteiger partial charge on any atom is 0.0266 e. The van der Waals surface area contributed by atoms with Gasteiger partial charge in [-0.25, -0.2) is 0 Å². The van der Waals surface area contributed by atoms with Gasteiger partial charge >= 0.3 is 0 Å². The van der Waals surface area contributed by atoms with E-state index in [9.17, 15) is 0 Å². The zero-order chi connectivity index (χ0) is 8.69. The first-order chi connectivity index (χ1) is 5.30. The lowest BCUT2D eigenvalue weighted by atomic mass is 10.1. The van der Waals surface area contributed by atoms with Crippen LogP contribution in [0.3, 0.4) is 0 Å². The Kier molecular flexibility index (Phi) is 5.13. The Morgan fingerprint density at radius 1 is 1.18 bits per heavy atom. The van der Waals surface area contributed by atoms with Crippen LogP contribution in [0, 0.1) is 0 Å². The fourth-order valence-corrected chi connectivity index (χ4v) is 0.757. The standard InChI is InChI=1S/C8H11N.C2H4/c1-7(9)8-5-3-2-4-6-8;1-2/h2-7H,9H2,1H3;1-2H2. The molecule has 2 N–H and O–H groups in total. The number of nitrogens with two attached hydrogens (primary N) is 1. The molecule has 0 aliphatic heterocycles. The van der Waals surface area contributed by atoms with Crippen molar-refractivity contribution in [1.82, 2.24) is 0 Å². The van der Waals surface area contributed by atoms with Crippen molar-refractivity contribution < 1.29 is 0 Å². The first-order valence-electron chi connectivity index (χ1n) is 3.61. The molecule has 0 saturated carbocycles. The highest BCUT2D eigenvalue weighted by molar-refractivity contribution is 5.17. The molecule has 0 aliphatic rings. The highest BCUT2D eigenvalue weighted by Gasteiger charge is 1.93. The summed E-state index contributed by atoms with van der Waals surface area (Å²) in [6, 6.07) is 10.2. The summed E-state index contributed by atoms with van der Waals surface area (Å²) >= 11 is 0. The Bertz CT molecular complexity index is 179.